The first kappa shape index (κ1) is 17.3. The number of hydrogen-bond donors (Lipinski definition) is 1. The minimum atomic E-state index is -0.479. The Hall–Kier alpha value is -3.55. The maximum absolute atomic E-state index is 12.2. The normalized spacial score (nSPS) is 12.3. The van der Waals surface area contributed by atoms with Crippen LogP contribution in [0.25, 0.3) is 11.0 Å². The van der Waals surface area contributed by atoms with Crippen molar-refractivity contribution >= 4 is 28.8 Å². The van der Waals surface area contributed by atoms with E-state index in [1.54, 1.807) is 25.4 Å². The number of rotatable bonds is 6. The summed E-state index contributed by atoms with van der Waals surface area (Å²) >= 11 is 0. The molecule has 1 heterocycles. The molecule has 2 aromatic carbocycles. The second kappa shape index (κ2) is 7.56. The molecular weight excluding hydrogens is 334 g/mol. The number of hydrogen-bond acceptors (Lipinski definition) is 5. The van der Waals surface area contributed by atoms with Crippen molar-refractivity contribution in [1.82, 2.24) is 15.0 Å². The summed E-state index contributed by atoms with van der Waals surface area (Å²) in [6.45, 7) is 2.27. The predicted molar refractivity (Wildman–Crippen MR) is 97.7 cm³/mol. The minimum Gasteiger partial charge on any atom is -0.330 e. The number of carbonyl (C=O) groups excluding carboxylic acids is 1. The first-order valence-corrected chi connectivity index (χ1v) is 8.02. The third-order valence-corrected chi connectivity index (χ3v) is 3.91. The molecule has 1 unspecified atom stereocenters. The van der Waals surface area contributed by atoms with Gasteiger partial charge in [-0.2, -0.15) is 5.10 Å². The summed E-state index contributed by atoms with van der Waals surface area (Å²) in [5.74, 6) is -0.570. The van der Waals surface area contributed by atoms with Crippen molar-refractivity contribution in [3.05, 3.63) is 70.5 Å². The van der Waals surface area contributed by atoms with E-state index in [1.165, 1.54) is 18.3 Å². The lowest BCUT2D eigenvalue weighted by Gasteiger charge is -2.11. The van der Waals surface area contributed by atoms with E-state index in [1.807, 2.05) is 28.8 Å². The molecule has 0 bridgehead atoms. The van der Waals surface area contributed by atoms with Crippen LogP contribution in [-0.4, -0.2) is 26.6 Å². The fourth-order valence-electron chi connectivity index (χ4n) is 2.53. The molecule has 3 rings (SSSR count). The van der Waals surface area contributed by atoms with Crippen LogP contribution >= 0.6 is 0 Å². The fourth-order valence-corrected chi connectivity index (χ4v) is 2.53. The smallest absolute Gasteiger partial charge is 0.270 e. The van der Waals surface area contributed by atoms with Gasteiger partial charge in [0.15, 0.2) is 0 Å². The van der Waals surface area contributed by atoms with Gasteiger partial charge in [-0.3, -0.25) is 14.9 Å². The Balaban J connectivity index is 1.61. The number of imidazole rings is 1. The van der Waals surface area contributed by atoms with Crippen molar-refractivity contribution in [2.45, 2.75) is 13.5 Å². The highest BCUT2D eigenvalue weighted by molar-refractivity contribution is 5.84. The Morgan fingerprint density at radius 3 is 2.96 bits per heavy atom. The van der Waals surface area contributed by atoms with E-state index in [-0.39, 0.29) is 17.5 Å². The van der Waals surface area contributed by atoms with Crippen molar-refractivity contribution in [2.75, 3.05) is 0 Å². The maximum atomic E-state index is 12.2. The van der Waals surface area contributed by atoms with Gasteiger partial charge >= 0.3 is 0 Å². The van der Waals surface area contributed by atoms with Crippen LogP contribution in [0.3, 0.4) is 0 Å². The Labute approximate surface area is 149 Å². The number of carbonyl (C=O) groups is 1. The van der Waals surface area contributed by atoms with Crippen LogP contribution in [0, 0.1) is 16.0 Å². The van der Waals surface area contributed by atoms with E-state index in [2.05, 4.69) is 15.5 Å². The number of hydrazone groups is 1. The van der Waals surface area contributed by atoms with Gasteiger partial charge in [-0.1, -0.05) is 31.2 Å². The molecule has 0 aliphatic rings. The molecule has 0 aliphatic heterocycles. The van der Waals surface area contributed by atoms with Gasteiger partial charge in [0.2, 0.25) is 5.91 Å². The number of non-ortho nitro benzene ring substituents is 1. The molecule has 132 valence electrons. The summed E-state index contributed by atoms with van der Waals surface area (Å²) in [5, 5.41) is 14.6. The lowest BCUT2D eigenvalue weighted by molar-refractivity contribution is -0.384. The molecule has 0 fully saturated rings. The number of nitro groups is 1. The second-order valence-corrected chi connectivity index (χ2v) is 5.87. The maximum Gasteiger partial charge on any atom is 0.270 e. The van der Waals surface area contributed by atoms with E-state index < -0.39 is 4.92 Å². The van der Waals surface area contributed by atoms with Gasteiger partial charge in [-0.25, -0.2) is 10.4 Å². The van der Waals surface area contributed by atoms with Crippen LogP contribution in [0.1, 0.15) is 12.5 Å². The summed E-state index contributed by atoms with van der Waals surface area (Å²) in [6, 6.07) is 13.7. The molecule has 1 atom stereocenters. The van der Waals surface area contributed by atoms with E-state index in [9.17, 15) is 14.9 Å². The Bertz CT molecular complexity index is 980. The third kappa shape index (κ3) is 3.92. The van der Waals surface area contributed by atoms with Crippen molar-refractivity contribution < 1.29 is 9.72 Å². The zero-order chi connectivity index (χ0) is 18.5. The number of fused-ring (bicyclic) bond motifs is 1. The highest BCUT2D eigenvalue weighted by Crippen LogP contribution is 2.14. The van der Waals surface area contributed by atoms with Crippen molar-refractivity contribution in [3.63, 3.8) is 0 Å². The van der Waals surface area contributed by atoms with E-state index in [0.29, 0.717) is 12.1 Å². The molecule has 1 N–H and O–H groups in total. The van der Waals surface area contributed by atoms with Crippen LogP contribution in [0.5, 0.6) is 0 Å². The van der Waals surface area contributed by atoms with Crippen LogP contribution in [0.2, 0.25) is 0 Å². The Kier molecular flexibility index (Phi) is 5.02. The SMILES string of the molecule is CC(Cn1cnc2ccccc21)C(=O)NN=Cc1cccc([N+](=O)[O-])c1. The number of nitrogens with zero attached hydrogens (tertiary/aromatic N) is 4. The fraction of sp³-hybridized carbons (Fsp3) is 0.167. The molecule has 0 saturated carbocycles. The van der Waals surface area contributed by atoms with E-state index in [0.717, 1.165) is 11.0 Å². The topological polar surface area (TPSA) is 102 Å². The number of benzene rings is 2. The zero-order valence-corrected chi connectivity index (χ0v) is 14.1. The zero-order valence-electron chi connectivity index (χ0n) is 14.1. The number of aromatic nitrogens is 2. The number of nitrogens with one attached hydrogen (secondary N) is 1. The van der Waals surface area contributed by atoms with E-state index >= 15 is 0 Å². The summed E-state index contributed by atoms with van der Waals surface area (Å²) in [4.78, 5) is 26.8. The van der Waals surface area contributed by atoms with Crippen molar-refractivity contribution in [1.29, 1.82) is 0 Å². The van der Waals surface area contributed by atoms with Gasteiger partial charge in [-0.15, -0.1) is 0 Å². The lowest BCUT2D eigenvalue weighted by atomic mass is 10.1. The first-order chi connectivity index (χ1) is 12.5. The average Bonchev–Trinajstić information content (AvgIpc) is 3.05. The molecule has 0 radical (unpaired) electrons. The predicted octanol–water partition coefficient (Wildman–Crippen LogP) is 2.73. The highest BCUT2D eigenvalue weighted by atomic mass is 16.6. The second-order valence-electron chi connectivity index (χ2n) is 5.87. The van der Waals surface area contributed by atoms with Crippen LogP contribution in [0.4, 0.5) is 5.69 Å². The number of amides is 1. The molecule has 26 heavy (non-hydrogen) atoms. The quantitative estimate of drug-likeness (QED) is 0.419. The number of para-hydroxylation sites is 2. The van der Waals surface area contributed by atoms with Gasteiger partial charge in [0.25, 0.3) is 5.69 Å². The average molecular weight is 351 g/mol. The summed E-state index contributed by atoms with van der Waals surface area (Å²) < 4.78 is 1.92. The molecule has 0 saturated heterocycles. The van der Waals surface area contributed by atoms with Gasteiger partial charge in [0, 0.05) is 24.2 Å². The molecular formula is C18H17N5O3. The van der Waals surface area contributed by atoms with Crippen molar-refractivity contribution in [2.24, 2.45) is 11.0 Å². The summed E-state index contributed by atoms with van der Waals surface area (Å²) in [5.41, 5.74) is 4.82. The minimum absolute atomic E-state index is 0.0272. The molecule has 8 nitrogen and oxygen atoms in total. The van der Waals surface area contributed by atoms with Crippen LogP contribution in [-0.2, 0) is 11.3 Å². The molecule has 1 amide bonds. The summed E-state index contributed by atoms with van der Waals surface area (Å²) in [7, 11) is 0. The monoisotopic (exact) mass is 351 g/mol. The molecule has 0 spiro atoms. The third-order valence-electron chi connectivity index (χ3n) is 3.91. The van der Waals surface area contributed by atoms with Crippen molar-refractivity contribution in [3.8, 4) is 0 Å². The Morgan fingerprint density at radius 1 is 1.35 bits per heavy atom. The van der Waals surface area contributed by atoms with Gasteiger partial charge < -0.3 is 4.57 Å². The van der Waals surface area contributed by atoms with Gasteiger partial charge in [0.1, 0.15) is 0 Å². The lowest BCUT2D eigenvalue weighted by Crippen LogP contribution is -2.27. The molecule has 1 aromatic heterocycles. The Morgan fingerprint density at radius 2 is 2.15 bits per heavy atom. The molecule has 3 aromatic rings. The van der Waals surface area contributed by atoms with Gasteiger partial charge in [-0.05, 0) is 12.1 Å². The van der Waals surface area contributed by atoms with Gasteiger partial charge in [0.05, 0.1) is 34.4 Å². The van der Waals surface area contributed by atoms with Crippen LogP contribution < -0.4 is 5.43 Å². The van der Waals surface area contributed by atoms with E-state index in [4.69, 9.17) is 0 Å². The van der Waals surface area contributed by atoms with Crippen LogP contribution in [0.15, 0.2) is 60.0 Å². The molecule has 8 heteroatoms. The number of nitro benzene ring substituents is 1. The summed E-state index contributed by atoms with van der Waals surface area (Å²) in [6.07, 6.45) is 3.09. The standard InChI is InChI=1S/C18H17N5O3/c1-13(11-22-12-19-16-7-2-3-8-17(16)22)18(24)21-20-10-14-5-4-6-15(9-14)23(25)26/h2-10,12-13H,11H2,1H3,(H,21,24). The first-order valence-electron chi connectivity index (χ1n) is 8.02. The molecule has 0 aliphatic carbocycles. The largest absolute Gasteiger partial charge is 0.330 e. The highest BCUT2D eigenvalue weighted by Gasteiger charge is 2.14.